The molecule has 3 rings (SSSR count). The van der Waals surface area contributed by atoms with E-state index in [-0.39, 0.29) is 5.78 Å². The van der Waals surface area contributed by atoms with E-state index in [1.807, 2.05) is 12.1 Å². The number of carbonyl (C=O) groups is 1. The Morgan fingerprint density at radius 1 is 0.864 bits per heavy atom. The molecule has 0 bridgehead atoms. The maximum absolute atomic E-state index is 13.7. The van der Waals surface area contributed by atoms with Crippen molar-refractivity contribution in [3.8, 4) is 5.75 Å². The van der Waals surface area contributed by atoms with Crippen LogP contribution in [0.25, 0.3) is 11.0 Å². The summed E-state index contributed by atoms with van der Waals surface area (Å²) in [5.74, 6) is 1.22. The molecule has 0 aliphatic rings. The Morgan fingerprint density at radius 2 is 1.43 bits per heavy atom. The molecule has 0 fully saturated rings. The zero-order chi connectivity index (χ0) is 32.8. The minimum absolute atomic E-state index is 0.148. The van der Waals surface area contributed by atoms with Gasteiger partial charge in [0, 0.05) is 40.0 Å². The molecule has 2 aromatic carbocycles. The van der Waals surface area contributed by atoms with Crippen LogP contribution in [0.3, 0.4) is 0 Å². The van der Waals surface area contributed by atoms with Crippen LogP contribution in [0.5, 0.6) is 5.75 Å². The number of aryl methyl sites for hydroxylation is 1. The topological polar surface area (TPSA) is 169 Å². The van der Waals surface area contributed by atoms with Gasteiger partial charge in [-0.3, -0.25) is 17.9 Å². The molecule has 1 heterocycles. The highest BCUT2D eigenvalue weighted by atomic mass is 32.3. The lowest BCUT2D eigenvalue weighted by atomic mass is 9.98. The van der Waals surface area contributed by atoms with E-state index in [4.69, 9.17) is 26.7 Å². The van der Waals surface area contributed by atoms with Crippen LogP contribution in [-0.4, -0.2) is 69.1 Å². The Bertz CT molecular complexity index is 1520. The first-order chi connectivity index (χ1) is 20.8. The number of fused-ring (bicyclic) bond motifs is 1. The molecule has 0 aliphatic carbocycles. The molecule has 44 heavy (non-hydrogen) atoms. The Labute approximate surface area is 261 Å². The van der Waals surface area contributed by atoms with Gasteiger partial charge in [-0.15, -0.1) is 0 Å². The Hall–Kier alpha value is -2.97. The third-order valence-corrected chi connectivity index (χ3v) is 7.31. The summed E-state index contributed by atoms with van der Waals surface area (Å²) < 4.78 is 72.1. The van der Waals surface area contributed by atoms with E-state index < -0.39 is 20.4 Å². The zero-order valence-corrected chi connectivity index (χ0v) is 27.6. The third-order valence-electron chi connectivity index (χ3n) is 6.71. The van der Waals surface area contributed by atoms with E-state index in [0.717, 1.165) is 50.9 Å². The number of nitrogens with zero attached hydrogens (tertiary/aromatic N) is 1. The molecule has 13 heteroatoms. The summed E-state index contributed by atoms with van der Waals surface area (Å²) in [5.41, 5.74) is 1.99. The lowest BCUT2D eigenvalue weighted by Crippen LogP contribution is -2.28. The van der Waals surface area contributed by atoms with Gasteiger partial charge in [0.25, 0.3) is 0 Å². The molecule has 0 aliphatic heterocycles. The average Bonchev–Trinajstić information content (AvgIpc) is 3.30. The number of hydrogen-bond donors (Lipinski definition) is 1. The second-order valence-electron chi connectivity index (χ2n) is 10.6. The second kappa shape index (κ2) is 18.1. The van der Waals surface area contributed by atoms with Crippen LogP contribution in [0.2, 0.25) is 0 Å². The smallest absolute Gasteiger partial charge is 0.229 e. The van der Waals surface area contributed by atoms with E-state index >= 15 is 0 Å². The van der Waals surface area contributed by atoms with Crippen molar-refractivity contribution in [1.29, 1.82) is 0 Å². The van der Waals surface area contributed by atoms with Gasteiger partial charge < -0.3 is 23.2 Å². The molecule has 1 N–H and O–H groups in total. The van der Waals surface area contributed by atoms with E-state index in [0.29, 0.717) is 46.6 Å². The number of ketones is 1. The predicted octanol–water partition coefficient (Wildman–Crippen LogP) is 5.71. The van der Waals surface area contributed by atoms with E-state index in [1.165, 1.54) is 25.7 Å². The monoisotopic (exact) mass is 652 g/mol. The van der Waals surface area contributed by atoms with Gasteiger partial charge in [-0.1, -0.05) is 40.0 Å². The lowest BCUT2D eigenvalue weighted by molar-refractivity contribution is 0.103. The number of ether oxygens (including phenoxy) is 1. The van der Waals surface area contributed by atoms with Crippen molar-refractivity contribution < 1.29 is 39.9 Å². The molecule has 3 aromatic rings. The van der Waals surface area contributed by atoms with Crippen LogP contribution >= 0.6 is 0 Å². The van der Waals surface area contributed by atoms with Crippen LogP contribution in [0.1, 0.15) is 87.4 Å². The molecule has 246 valence electrons. The number of hydrogen-bond acceptors (Lipinski definition) is 10. The lowest BCUT2D eigenvalue weighted by Gasteiger charge is -2.21. The van der Waals surface area contributed by atoms with Crippen molar-refractivity contribution in [2.45, 2.75) is 72.1 Å². The molecule has 0 unspecified atom stereocenters. The van der Waals surface area contributed by atoms with Gasteiger partial charge >= 0.3 is 0 Å². The third kappa shape index (κ3) is 13.8. The largest absolute Gasteiger partial charge is 0.759 e. The maximum Gasteiger partial charge on any atom is 0.229 e. The minimum Gasteiger partial charge on any atom is -0.759 e. The van der Waals surface area contributed by atoms with Gasteiger partial charge in [-0.05, 0) is 81.2 Å². The number of carbonyl (C=O) groups excluding carboxylic acids is 1. The molecule has 0 radical (unpaired) electrons. The molecule has 0 saturated heterocycles. The molecule has 0 amide bonds. The van der Waals surface area contributed by atoms with Crippen molar-refractivity contribution in [3.63, 3.8) is 0 Å². The Morgan fingerprint density at radius 3 is 1.98 bits per heavy atom. The van der Waals surface area contributed by atoms with Crippen LogP contribution in [0, 0.1) is 0 Å². The number of unbranched alkanes of at least 4 members (excludes halogenated alkanes) is 3. The van der Waals surface area contributed by atoms with Gasteiger partial charge in [-0.2, -0.15) is 0 Å². The Kier molecular flexibility index (Phi) is 15.3. The molecule has 0 spiro atoms. The van der Waals surface area contributed by atoms with Gasteiger partial charge in [0.15, 0.2) is 5.78 Å². The Balaban J connectivity index is 0.00000125. The van der Waals surface area contributed by atoms with Crippen molar-refractivity contribution in [3.05, 3.63) is 59.4 Å². The van der Waals surface area contributed by atoms with Crippen LogP contribution in [0.4, 0.5) is 5.69 Å². The normalized spacial score (nSPS) is 11.8. The van der Waals surface area contributed by atoms with E-state index in [2.05, 4.69) is 30.4 Å². The SMILES string of the molecule is CCCCc1oc2ccc(NS(C)(=O)=O)cc2c1C(=O)c1ccc(OCCCN(CCCC)CCCC)cc1.O=S(=O)([O-])[O-]. The highest BCUT2D eigenvalue weighted by Gasteiger charge is 2.22. The standard InChI is InChI=1S/C31H44N2O5S.H2O4S/c1-5-8-12-29-30(27-23-25(32-39(4,35)36)15-18-28(27)38-29)31(34)24-13-16-26(17-14-24)37-22-11-21-33(19-9-6-2)20-10-7-3;1-5(2,3)4/h13-18,23,32H,5-12,19-22H2,1-4H3;(H2,1,2,3,4)/p-2. The fourth-order valence-electron chi connectivity index (χ4n) is 4.61. The summed E-state index contributed by atoms with van der Waals surface area (Å²) in [5, 5.41) is 0.607. The van der Waals surface area contributed by atoms with Crippen molar-refractivity contribution >= 4 is 42.9 Å². The molecule has 0 saturated carbocycles. The summed E-state index contributed by atoms with van der Waals surface area (Å²) in [6.45, 7) is 10.5. The first kappa shape index (κ1) is 37.2. The average molecular weight is 653 g/mol. The predicted molar refractivity (Wildman–Crippen MR) is 170 cm³/mol. The quantitative estimate of drug-likeness (QED) is 0.0777. The summed E-state index contributed by atoms with van der Waals surface area (Å²) in [6.07, 6.45) is 9.40. The van der Waals surface area contributed by atoms with Crippen LogP contribution in [-0.2, 0) is 26.8 Å². The molecule has 0 atom stereocenters. The zero-order valence-electron chi connectivity index (χ0n) is 26.0. The van der Waals surface area contributed by atoms with E-state index in [9.17, 15) is 13.2 Å². The summed E-state index contributed by atoms with van der Waals surface area (Å²) in [6, 6.07) is 12.3. The summed E-state index contributed by atoms with van der Waals surface area (Å²) in [4.78, 5) is 16.2. The van der Waals surface area contributed by atoms with Crippen molar-refractivity contribution in [2.75, 3.05) is 37.2 Å². The molecule has 11 nitrogen and oxygen atoms in total. The van der Waals surface area contributed by atoms with Gasteiger partial charge in [0.05, 0.1) is 18.4 Å². The second-order valence-corrected chi connectivity index (χ2v) is 13.2. The number of benzene rings is 2. The number of sulfonamides is 1. The first-order valence-electron chi connectivity index (χ1n) is 15.0. The van der Waals surface area contributed by atoms with Gasteiger partial charge in [0.1, 0.15) is 17.1 Å². The number of rotatable bonds is 18. The van der Waals surface area contributed by atoms with Crippen molar-refractivity contribution in [2.24, 2.45) is 0 Å². The highest BCUT2D eigenvalue weighted by molar-refractivity contribution is 7.92. The van der Waals surface area contributed by atoms with Gasteiger partial charge in [-0.25, -0.2) is 8.42 Å². The van der Waals surface area contributed by atoms with Crippen LogP contribution < -0.4 is 9.46 Å². The van der Waals surface area contributed by atoms with Crippen LogP contribution in [0.15, 0.2) is 46.9 Å². The van der Waals surface area contributed by atoms with Crippen molar-refractivity contribution in [1.82, 2.24) is 4.90 Å². The maximum atomic E-state index is 13.7. The summed E-state index contributed by atoms with van der Waals surface area (Å²) in [7, 11) is -8.62. The molecular weight excluding hydrogens is 608 g/mol. The number of nitrogens with one attached hydrogen (secondary N) is 1. The van der Waals surface area contributed by atoms with Gasteiger partial charge in [0.2, 0.25) is 10.0 Å². The van der Waals surface area contributed by atoms with E-state index in [1.54, 1.807) is 30.3 Å². The minimum atomic E-state index is -5.17. The number of furan rings is 1. The summed E-state index contributed by atoms with van der Waals surface area (Å²) >= 11 is 0. The molecule has 1 aromatic heterocycles. The molecular formula is C31H44N2O9S2-2. The highest BCUT2D eigenvalue weighted by Crippen LogP contribution is 2.32. The fourth-order valence-corrected chi connectivity index (χ4v) is 5.17. The first-order valence-corrected chi connectivity index (χ1v) is 18.2. The number of anilines is 1. The fraction of sp³-hybridized carbons (Fsp3) is 0.516.